The lowest BCUT2D eigenvalue weighted by atomic mass is 10.00. The van der Waals surface area contributed by atoms with E-state index in [4.69, 9.17) is 5.41 Å². The molecule has 0 spiro atoms. The van der Waals surface area contributed by atoms with Gasteiger partial charge in [0.25, 0.3) is 0 Å². The quantitative estimate of drug-likeness (QED) is 0.252. The molecular formula is C35H25N4+. The first-order chi connectivity index (χ1) is 19.3. The Labute approximate surface area is 225 Å². The van der Waals surface area contributed by atoms with E-state index in [0.29, 0.717) is 5.71 Å². The van der Waals surface area contributed by atoms with Crippen molar-refractivity contribution in [2.24, 2.45) is 0 Å². The summed E-state index contributed by atoms with van der Waals surface area (Å²) in [6, 6.07) is 32.5. The van der Waals surface area contributed by atoms with Gasteiger partial charge in [-0.2, -0.15) is 0 Å². The molecule has 3 N–H and O–H groups in total. The van der Waals surface area contributed by atoms with Gasteiger partial charge >= 0.3 is 0 Å². The summed E-state index contributed by atoms with van der Waals surface area (Å²) in [4.78, 5) is 0. The van der Waals surface area contributed by atoms with Gasteiger partial charge in [0.1, 0.15) is 5.70 Å². The second kappa shape index (κ2) is 8.42. The maximum atomic E-state index is 8.69. The molecule has 0 fully saturated rings. The van der Waals surface area contributed by atoms with E-state index in [1.165, 1.54) is 38.1 Å². The van der Waals surface area contributed by atoms with Crippen molar-refractivity contribution in [3.05, 3.63) is 145 Å². The highest BCUT2D eigenvalue weighted by molar-refractivity contribution is 6.24. The maximum Gasteiger partial charge on any atom is 0.167 e. The molecule has 2 aromatic heterocycles. The van der Waals surface area contributed by atoms with Crippen LogP contribution in [-0.2, 0) is 0 Å². The van der Waals surface area contributed by atoms with Crippen LogP contribution in [-0.4, -0.2) is 14.8 Å². The molecule has 6 aromatic rings. The number of nitrogens with zero attached hydrogens (tertiary/aromatic N) is 2. The van der Waals surface area contributed by atoms with Crippen LogP contribution in [0.4, 0.5) is 0 Å². The number of aromatic nitrogens is 2. The minimum absolute atomic E-state index is 0.522. The Morgan fingerprint density at radius 3 is 1.90 bits per heavy atom. The van der Waals surface area contributed by atoms with Crippen LogP contribution in [0.3, 0.4) is 0 Å². The topological polar surface area (TPSA) is 50.3 Å². The first-order valence-electron chi connectivity index (χ1n) is 13.2. The Balaban J connectivity index is 1.60. The van der Waals surface area contributed by atoms with Gasteiger partial charge in [-0.05, 0) is 48.6 Å². The van der Waals surface area contributed by atoms with Gasteiger partial charge in [0.05, 0.1) is 39.6 Å². The van der Waals surface area contributed by atoms with E-state index >= 15 is 0 Å². The molecule has 1 aliphatic heterocycles. The van der Waals surface area contributed by atoms with E-state index < -0.39 is 0 Å². The average molecular weight is 502 g/mol. The van der Waals surface area contributed by atoms with Crippen LogP contribution in [0.15, 0.2) is 145 Å². The van der Waals surface area contributed by atoms with Crippen LogP contribution < -0.4 is 5.32 Å². The molecule has 0 atom stereocenters. The van der Waals surface area contributed by atoms with Gasteiger partial charge in [0.15, 0.2) is 5.70 Å². The van der Waals surface area contributed by atoms with Crippen molar-refractivity contribution in [1.82, 2.24) is 9.13 Å². The third-order valence-electron chi connectivity index (χ3n) is 7.85. The lowest BCUT2D eigenvalue weighted by Crippen LogP contribution is -2.77. The van der Waals surface area contributed by atoms with Crippen molar-refractivity contribution in [1.29, 1.82) is 5.41 Å². The van der Waals surface area contributed by atoms with Crippen molar-refractivity contribution >= 4 is 55.0 Å². The van der Waals surface area contributed by atoms with E-state index in [-0.39, 0.29) is 0 Å². The minimum Gasteiger partial charge on any atom is -0.307 e. The smallest absolute Gasteiger partial charge is 0.167 e. The molecule has 4 aromatic carbocycles. The van der Waals surface area contributed by atoms with Crippen molar-refractivity contribution in [3.63, 3.8) is 0 Å². The SMILES string of the molecule is N=C1C=CC=CC1=C1[NH2+]C=CC=C1n1c2ccccc2c2ccc3c4ccccc4n(-c4ccccc4)c3c21. The van der Waals surface area contributed by atoms with Crippen molar-refractivity contribution in [2.45, 2.75) is 0 Å². The number of fused-ring (bicyclic) bond motifs is 7. The van der Waals surface area contributed by atoms with E-state index in [2.05, 4.69) is 124 Å². The number of hydrogen-bond donors (Lipinski definition) is 2. The number of nitrogens with one attached hydrogen (secondary N) is 1. The predicted octanol–water partition coefficient (Wildman–Crippen LogP) is 7.22. The summed E-state index contributed by atoms with van der Waals surface area (Å²) in [5, 5.41) is 15.7. The van der Waals surface area contributed by atoms with Crippen molar-refractivity contribution in [3.8, 4) is 5.69 Å². The molecule has 184 valence electrons. The Morgan fingerprint density at radius 1 is 0.564 bits per heavy atom. The second-order valence-corrected chi connectivity index (χ2v) is 9.96. The zero-order valence-electron chi connectivity index (χ0n) is 21.2. The molecule has 39 heavy (non-hydrogen) atoms. The lowest BCUT2D eigenvalue weighted by molar-refractivity contribution is -0.529. The minimum atomic E-state index is 0.522. The average Bonchev–Trinajstić information content (AvgIpc) is 3.51. The van der Waals surface area contributed by atoms with Gasteiger partial charge in [0.2, 0.25) is 0 Å². The molecule has 0 saturated heterocycles. The van der Waals surface area contributed by atoms with E-state index in [1.54, 1.807) is 0 Å². The molecule has 3 heterocycles. The number of quaternary nitrogens is 1. The monoisotopic (exact) mass is 501 g/mol. The van der Waals surface area contributed by atoms with Gasteiger partial charge in [-0.15, -0.1) is 0 Å². The predicted molar refractivity (Wildman–Crippen MR) is 162 cm³/mol. The van der Waals surface area contributed by atoms with Crippen LogP contribution in [0.1, 0.15) is 0 Å². The zero-order chi connectivity index (χ0) is 25.9. The number of rotatable bonds is 2. The highest BCUT2D eigenvalue weighted by Gasteiger charge is 2.26. The summed E-state index contributed by atoms with van der Waals surface area (Å²) in [6.07, 6.45) is 14.2. The molecule has 8 rings (SSSR count). The van der Waals surface area contributed by atoms with E-state index in [1.807, 2.05) is 24.3 Å². The molecule has 4 heteroatoms. The summed E-state index contributed by atoms with van der Waals surface area (Å²) >= 11 is 0. The summed E-state index contributed by atoms with van der Waals surface area (Å²) in [5.74, 6) is 0. The lowest BCUT2D eigenvalue weighted by Gasteiger charge is -2.19. The first kappa shape index (κ1) is 21.9. The Morgan fingerprint density at radius 2 is 1.18 bits per heavy atom. The number of allylic oxidation sites excluding steroid dienone is 8. The third-order valence-corrected chi connectivity index (χ3v) is 7.85. The summed E-state index contributed by atoms with van der Waals surface area (Å²) in [5.41, 5.74) is 9.40. The fourth-order valence-corrected chi connectivity index (χ4v) is 6.21. The van der Waals surface area contributed by atoms with Crippen LogP contribution in [0.5, 0.6) is 0 Å². The zero-order valence-corrected chi connectivity index (χ0v) is 21.2. The Hall–Kier alpha value is -5.19. The number of para-hydroxylation sites is 3. The van der Waals surface area contributed by atoms with Crippen LogP contribution in [0.2, 0.25) is 0 Å². The fourth-order valence-electron chi connectivity index (χ4n) is 6.21. The highest BCUT2D eigenvalue weighted by atomic mass is 15.1. The van der Waals surface area contributed by atoms with Crippen molar-refractivity contribution < 1.29 is 5.32 Å². The molecule has 0 bridgehead atoms. The highest BCUT2D eigenvalue weighted by Crippen LogP contribution is 2.42. The Bertz CT molecular complexity index is 2140. The van der Waals surface area contributed by atoms with E-state index in [9.17, 15) is 0 Å². The summed E-state index contributed by atoms with van der Waals surface area (Å²) in [6.45, 7) is 0. The molecular weight excluding hydrogens is 476 g/mol. The molecule has 0 amide bonds. The van der Waals surface area contributed by atoms with Crippen molar-refractivity contribution in [2.75, 3.05) is 0 Å². The summed E-state index contributed by atoms with van der Waals surface area (Å²) in [7, 11) is 0. The normalized spacial score (nSPS) is 17.2. The third kappa shape index (κ3) is 3.13. The number of hydrogen-bond acceptors (Lipinski definition) is 1. The van der Waals surface area contributed by atoms with Crippen LogP contribution >= 0.6 is 0 Å². The first-order valence-corrected chi connectivity index (χ1v) is 13.2. The van der Waals surface area contributed by atoms with Gasteiger partial charge in [-0.1, -0.05) is 78.9 Å². The fraction of sp³-hybridized carbons (Fsp3) is 0. The van der Waals surface area contributed by atoms with Gasteiger partial charge in [-0.3, -0.25) is 5.32 Å². The number of benzene rings is 4. The van der Waals surface area contributed by atoms with Gasteiger partial charge in [-0.25, -0.2) is 0 Å². The van der Waals surface area contributed by atoms with Gasteiger partial charge < -0.3 is 14.5 Å². The molecule has 0 saturated carbocycles. The Kier molecular flexibility index (Phi) is 4.72. The van der Waals surface area contributed by atoms with Gasteiger partial charge in [0, 0.05) is 27.2 Å². The standard InChI is InChI=1S/C35H24N4/c36-29-16-7-4-15-28(29)33-32(19-10-22-37-33)39-31-18-9-6-14-25(31)27-21-20-26-24-13-5-8-17-30(24)38(34(26)35(27)39)23-11-2-1-3-12-23/h1-22,36-37H/p+1. The van der Waals surface area contributed by atoms with Crippen LogP contribution in [0, 0.1) is 5.41 Å². The largest absolute Gasteiger partial charge is 0.307 e. The van der Waals surface area contributed by atoms with Crippen LogP contribution in [0.25, 0.3) is 55.0 Å². The molecule has 0 radical (unpaired) electrons. The molecule has 0 unspecified atom stereocenters. The molecule has 4 nitrogen and oxygen atoms in total. The molecule has 1 aliphatic carbocycles. The summed E-state index contributed by atoms with van der Waals surface area (Å²) < 4.78 is 4.82. The van der Waals surface area contributed by atoms with E-state index in [0.717, 1.165) is 28.2 Å². The molecule has 2 aliphatic rings. The second-order valence-electron chi connectivity index (χ2n) is 9.96. The maximum absolute atomic E-state index is 8.69. The number of nitrogens with two attached hydrogens (primary N) is 1.